The highest BCUT2D eigenvalue weighted by molar-refractivity contribution is 9.10. The molecule has 1 aliphatic heterocycles. The Morgan fingerprint density at radius 3 is 2.54 bits per heavy atom. The van der Waals surface area contributed by atoms with Crippen molar-refractivity contribution in [3.8, 4) is 5.75 Å². The number of fused-ring (bicyclic) bond motifs is 1. The fourth-order valence-electron chi connectivity index (χ4n) is 4.32. The summed E-state index contributed by atoms with van der Waals surface area (Å²) in [6.07, 6.45) is 4.07. The molecule has 5 nitrogen and oxygen atoms in total. The molecule has 1 saturated heterocycles. The Labute approximate surface area is 213 Å². The van der Waals surface area contributed by atoms with Crippen LogP contribution in [-0.4, -0.2) is 25.2 Å². The van der Waals surface area contributed by atoms with Crippen LogP contribution in [0.2, 0.25) is 0 Å². The molecule has 1 N–H and O–H groups in total. The molecule has 0 aromatic heterocycles. The van der Waals surface area contributed by atoms with Gasteiger partial charge in [-0.1, -0.05) is 42.5 Å². The zero-order chi connectivity index (χ0) is 24.0. The van der Waals surface area contributed by atoms with Gasteiger partial charge in [0.05, 0.1) is 10.7 Å². The van der Waals surface area contributed by atoms with E-state index in [4.69, 9.17) is 4.74 Å². The molecule has 1 fully saturated rings. The Kier molecular flexibility index (Phi) is 7.09. The van der Waals surface area contributed by atoms with Gasteiger partial charge in [-0.2, -0.15) is 5.10 Å². The molecule has 5 rings (SSSR count). The summed E-state index contributed by atoms with van der Waals surface area (Å²) in [6.45, 7) is 2.64. The Morgan fingerprint density at radius 2 is 1.74 bits per heavy atom. The van der Waals surface area contributed by atoms with Crippen molar-refractivity contribution in [2.45, 2.75) is 19.4 Å². The van der Waals surface area contributed by atoms with Gasteiger partial charge in [-0.25, -0.2) is 5.43 Å². The van der Waals surface area contributed by atoms with Crippen LogP contribution in [0.5, 0.6) is 5.75 Å². The molecule has 0 unspecified atom stereocenters. The van der Waals surface area contributed by atoms with E-state index in [-0.39, 0.29) is 5.91 Å². The third kappa shape index (κ3) is 5.54. The van der Waals surface area contributed by atoms with Gasteiger partial charge < -0.3 is 9.64 Å². The van der Waals surface area contributed by atoms with Crippen molar-refractivity contribution in [1.82, 2.24) is 5.43 Å². The van der Waals surface area contributed by atoms with Crippen LogP contribution in [0.1, 0.15) is 34.3 Å². The molecule has 176 valence electrons. The number of carbonyl (C=O) groups is 1. The number of ether oxygens (including phenoxy) is 1. The molecule has 1 heterocycles. The second kappa shape index (κ2) is 10.7. The number of halogens is 1. The monoisotopic (exact) mass is 527 g/mol. The first-order valence-electron chi connectivity index (χ1n) is 11.7. The number of rotatable bonds is 7. The first kappa shape index (κ1) is 23.1. The number of nitrogens with zero attached hydrogens (tertiary/aromatic N) is 2. The summed E-state index contributed by atoms with van der Waals surface area (Å²) in [5, 5.41) is 6.51. The second-order valence-corrected chi connectivity index (χ2v) is 9.41. The molecule has 0 atom stereocenters. The van der Waals surface area contributed by atoms with Crippen molar-refractivity contribution < 1.29 is 9.53 Å². The molecule has 0 saturated carbocycles. The molecular weight excluding hydrogens is 502 g/mol. The summed E-state index contributed by atoms with van der Waals surface area (Å²) >= 11 is 3.58. The zero-order valence-electron chi connectivity index (χ0n) is 19.3. The van der Waals surface area contributed by atoms with E-state index in [0.717, 1.165) is 40.1 Å². The average Bonchev–Trinajstić information content (AvgIpc) is 3.43. The SMILES string of the molecule is O=C(N/N=C\c1ccc(OCc2cccc3ccccc23)c(Br)c1)c1ccc(N2CCCC2)cc1. The number of hydrazone groups is 1. The lowest BCUT2D eigenvalue weighted by Gasteiger charge is -2.17. The molecule has 1 amide bonds. The maximum Gasteiger partial charge on any atom is 0.271 e. The summed E-state index contributed by atoms with van der Waals surface area (Å²) in [5.41, 5.74) is 6.34. The van der Waals surface area contributed by atoms with E-state index in [1.165, 1.54) is 23.6 Å². The van der Waals surface area contributed by atoms with Gasteiger partial charge in [-0.3, -0.25) is 4.79 Å². The standard InChI is InChI=1S/C29H26BrN3O2/c30-27-18-21(10-15-28(27)35-20-24-8-5-7-22-6-1-2-9-26(22)24)19-31-32-29(34)23-11-13-25(14-12-23)33-16-3-4-17-33/h1-2,5-15,18-19H,3-4,16-17,20H2,(H,32,34)/b31-19-. The van der Waals surface area contributed by atoms with Crippen molar-refractivity contribution in [2.75, 3.05) is 18.0 Å². The Bertz CT molecular complexity index is 1360. The number of hydrogen-bond acceptors (Lipinski definition) is 4. The molecule has 0 spiro atoms. The van der Waals surface area contributed by atoms with Gasteiger partial charge in [0.1, 0.15) is 12.4 Å². The van der Waals surface area contributed by atoms with Crippen LogP contribution in [0.3, 0.4) is 0 Å². The van der Waals surface area contributed by atoms with Gasteiger partial charge in [0, 0.05) is 24.3 Å². The van der Waals surface area contributed by atoms with E-state index in [1.807, 2.05) is 60.7 Å². The van der Waals surface area contributed by atoms with E-state index in [1.54, 1.807) is 6.21 Å². The fourth-order valence-corrected chi connectivity index (χ4v) is 4.83. The summed E-state index contributed by atoms with van der Waals surface area (Å²) in [6, 6.07) is 27.9. The van der Waals surface area contributed by atoms with E-state index in [0.29, 0.717) is 12.2 Å². The van der Waals surface area contributed by atoms with Crippen molar-refractivity contribution in [3.63, 3.8) is 0 Å². The third-order valence-electron chi connectivity index (χ3n) is 6.20. The quantitative estimate of drug-likeness (QED) is 0.219. The topological polar surface area (TPSA) is 53.9 Å². The summed E-state index contributed by atoms with van der Waals surface area (Å²) in [5.74, 6) is 0.514. The van der Waals surface area contributed by atoms with E-state index < -0.39 is 0 Å². The molecule has 0 aliphatic carbocycles. The Morgan fingerprint density at radius 1 is 0.971 bits per heavy atom. The molecule has 4 aromatic rings. The van der Waals surface area contributed by atoms with E-state index in [2.05, 4.69) is 55.6 Å². The second-order valence-electron chi connectivity index (χ2n) is 8.56. The third-order valence-corrected chi connectivity index (χ3v) is 6.82. The lowest BCUT2D eigenvalue weighted by Crippen LogP contribution is -2.19. The van der Waals surface area contributed by atoms with Crippen molar-refractivity contribution in [3.05, 3.63) is 106 Å². The van der Waals surface area contributed by atoms with Crippen LogP contribution in [0.25, 0.3) is 10.8 Å². The fraction of sp³-hybridized carbons (Fsp3) is 0.172. The predicted molar refractivity (Wildman–Crippen MR) is 145 cm³/mol. The zero-order valence-corrected chi connectivity index (χ0v) is 20.9. The Balaban J connectivity index is 1.17. The first-order valence-corrected chi connectivity index (χ1v) is 12.5. The highest BCUT2D eigenvalue weighted by Gasteiger charge is 2.13. The minimum absolute atomic E-state index is 0.233. The van der Waals surface area contributed by atoms with Crippen molar-refractivity contribution >= 4 is 44.5 Å². The van der Waals surface area contributed by atoms with Crippen molar-refractivity contribution in [1.29, 1.82) is 0 Å². The number of carbonyl (C=O) groups excluding carboxylic acids is 1. The first-order chi connectivity index (χ1) is 17.2. The van der Waals surface area contributed by atoms with Gasteiger partial charge in [0.2, 0.25) is 0 Å². The van der Waals surface area contributed by atoms with Crippen LogP contribution in [0, 0.1) is 0 Å². The average molecular weight is 528 g/mol. The number of benzene rings is 4. The highest BCUT2D eigenvalue weighted by atomic mass is 79.9. The lowest BCUT2D eigenvalue weighted by atomic mass is 10.1. The smallest absolute Gasteiger partial charge is 0.271 e. The predicted octanol–water partition coefficient (Wildman–Crippen LogP) is 6.55. The van der Waals surface area contributed by atoms with Gasteiger partial charge in [-0.15, -0.1) is 0 Å². The van der Waals surface area contributed by atoms with Crippen LogP contribution in [-0.2, 0) is 6.61 Å². The Hall–Kier alpha value is -3.64. The maximum atomic E-state index is 12.4. The minimum atomic E-state index is -0.233. The largest absolute Gasteiger partial charge is 0.488 e. The number of anilines is 1. The molecule has 35 heavy (non-hydrogen) atoms. The minimum Gasteiger partial charge on any atom is -0.488 e. The lowest BCUT2D eigenvalue weighted by molar-refractivity contribution is 0.0955. The van der Waals surface area contributed by atoms with Gasteiger partial charge in [-0.05, 0) is 93.1 Å². The summed E-state index contributed by atoms with van der Waals surface area (Å²) in [4.78, 5) is 14.8. The van der Waals surface area contributed by atoms with Crippen LogP contribution in [0.4, 0.5) is 5.69 Å². The number of amides is 1. The van der Waals surface area contributed by atoms with Crippen LogP contribution in [0.15, 0.2) is 94.5 Å². The van der Waals surface area contributed by atoms with Gasteiger partial charge in [0.15, 0.2) is 0 Å². The summed E-state index contributed by atoms with van der Waals surface area (Å²) in [7, 11) is 0. The van der Waals surface area contributed by atoms with Crippen molar-refractivity contribution in [2.24, 2.45) is 5.10 Å². The maximum absolute atomic E-state index is 12.4. The molecule has 4 aromatic carbocycles. The van der Waals surface area contributed by atoms with Crippen LogP contribution < -0.4 is 15.1 Å². The summed E-state index contributed by atoms with van der Waals surface area (Å²) < 4.78 is 6.89. The molecule has 6 heteroatoms. The molecule has 0 bridgehead atoms. The van der Waals surface area contributed by atoms with E-state index >= 15 is 0 Å². The normalized spacial score (nSPS) is 13.5. The molecule has 1 aliphatic rings. The number of nitrogens with one attached hydrogen (secondary N) is 1. The van der Waals surface area contributed by atoms with Gasteiger partial charge in [0.25, 0.3) is 5.91 Å². The number of hydrogen-bond donors (Lipinski definition) is 1. The molecular formula is C29H26BrN3O2. The highest BCUT2D eigenvalue weighted by Crippen LogP contribution is 2.28. The van der Waals surface area contributed by atoms with Crippen LogP contribution >= 0.6 is 15.9 Å². The molecule has 0 radical (unpaired) electrons. The van der Waals surface area contributed by atoms with E-state index in [9.17, 15) is 4.79 Å². The van der Waals surface area contributed by atoms with Gasteiger partial charge >= 0.3 is 0 Å².